The van der Waals surface area contributed by atoms with Gasteiger partial charge < -0.3 is 29.3 Å². The zero-order valence-electron chi connectivity index (χ0n) is 18.6. The Labute approximate surface area is 183 Å². The number of rotatable bonds is 3. The summed E-state index contributed by atoms with van der Waals surface area (Å²) in [6.45, 7) is 9.54. The second-order valence-electron chi connectivity index (χ2n) is 8.84. The molecule has 0 spiro atoms. The number of carbonyl (C=O) groups is 2. The van der Waals surface area contributed by atoms with Crippen molar-refractivity contribution < 1.29 is 23.8 Å². The SMILES string of the molecule is C[C@@H]1CN(C(=O)C2CCN(C(=O)N[C@@H](C)c3ccc4c(c3)OCCO4)CC2)C[C@H](C)O1. The molecule has 2 fully saturated rings. The fourth-order valence-corrected chi connectivity index (χ4v) is 4.63. The van der Waals surface area contributed by atoms with Crippen LogP contribution in [0.25, 0.3) is 0 Å². The molecule has 3 aliphatic heterocycles. The molecule has 3 amide bonds. The van der Waals surface area contributed by atoms with Gasteiger partial charge in [-0.05, 0) is 51.3 Å². The van der Waals surface area contributed by atoms with E-state index in [0.717, 1.165) is 17.1 Å². The van der Waals surface area contributed by atoms with E-state index in [4.69, 9.17) is 14.2 Å². The maximum Gasteiger partial charge on any atom is 0.317 e. The van der Waals surface area contributed by atoms with E-state index < -0.39 is 0 Å². The highest BCUT2D eigenvalue weighted by atomic mass is 16.6. The van der Waals surface area contributed by atoms with Crippen molar-refractivity contribution in [3.8, 4) is 11.5 Å². The Morgan fingerprint density at radius 2 is 1.65 bits per heavy atom. The molecule has 0 unspecified atom stereocenters. The van der Waals surface area contributed by atoms with E-state index in [1.807, 2.05) is 48.8 Å². The number of benzene rings is 1. The van der Waals surface area contributed by atoms with Crippen molar-refractivity contribution >= 4 is 11.9 Å². The van der Waals surface area contributed by atoms with Crippen LogP contribution < -0.4 is 14.8 Å². The quantitative estimate of drug-likeness (QED) is 0.796. The fourth-order valence-electron chi connectivity index (χ4n) is 4.63. The van der Waals surface area contributed by atoms with Crippen molar-refractivity contribution in [2.75, 3.05) is 39.4 Å². The Morgan fingerprint density at radius 1 is 1.00 bits per heavy atom. The normalized spacial score (nSPS) is 25.1. The summed E-state index contributed by atoms with van der Waals surface area (Å²) in [4.78, 5) is 29.5. The first-order valence-corrected chi connectivity index (χ1v) is 11.3. The van der Waals surface area contributed by atoms with Crippen molar-refractivity contribution in [3.63, 3.8) is 0 Å². The fraction of sp³-hybridized carbons (Fsp3) is 0.652. The van der Waals surface area contributed by atoms with Crippen LogP contribution in [0.5, 0.6) is 11.5 Å². The molecular formula is C23H33N3O5. The minimum atomic E-state index is -0.154. The van der Waals surface area contributed by atoms with Gasteiger partial charge in [0.1, 0.15) is 13.2 Å². The molecule has 0 saturated carbocycles. The van der Waals surface area contributed by atoms with E-state index in [0.29, 0.717) is 52.2 Å². The Bertz CT molecular complexity index is 798. The molecule has 3 heterocycles. The summed E-state index contributed by atoms with van der Waals surface area (Å²) in [7, 11) is 0. The maximum atomic E-state index is 12.9. The van der Waals surface area contributed by atoms with Crippen molar-refractivity contribution in [2.24, 2.45) is 5.92 Å². The van der Waals surface area contributed by atoms with Crippen LogP contribution >= 0.6 is 0 Å². The van der Waals surface area contributed by atoms with Crippen LogP contribution in [0.4, 0.5) is 4.79 Å². The van der Waals surface area contributed by atoms with E-state index in [9.17, 15) is 9.59 Å². The summed E-state index contributed by atoms with van der Waals surface area (Å²) >= 11 is 0. The number of amides is 3. The van der Waals surface area contributed by atoms with Crippen LogP contribution in [-0.4, -0.2) is 73.3 Å². The van der Waals surface area contributed by atoms with E-state index in [2.05, 4.69) is 5.32 Å². The Morgan fingerprint density at radius 3 is 2.32 bits per heavy atom. The standard InChI is InChI=1S/C23H33N3O5/c1-15-13-26(14-16(2)31-15)22(27)18-6-8-25(9-7-18)23(28)24-17(3)19-4-5-20-21(12-19)30-11-10-29-20/h4-5,12,15-18H,6-11,13-14H2,1-3H3,(H,24,28)/t15-,16+,17-/m0/s1. The van der Waals surface area contributed by atoms with Crippen LogP contribution in [-0.2, 0) is 9.53 Å². The van der Waals surface area contributed by atoms with Gasteiger partial charge in [0.2, 0.25) is 5.91 Å². The van der Waals surface area contributed by atoms with Gasteiger partial charge in [0.25, 0.3) is 0 Å². The number of fused-ring (bicyclic) bond motifs is 1. The molecule has 0 aromatic heterocycles. The van der Waals surface area contributed by atoms with Crippen LogP contribution in [0.1, 0.15) is 45.2 Å². The first-order valence-electron chi connectivity index (χ1n) is 11.3. The van der Waals surface area contributed by atoms with Gasteiger partial charge in [0, 0.05) is 32.1 Å². The largest absolute Gasteiger partial charge is 0.486 e. The predicted molar refractivity (Wildman–Crippen MR) is 115 cm³/mol. The van der Waals surface area contributed by atoms with Gasteiger partial charge in [0.15, 0.2) is 11.5 Å². The third-order valence-corrected chi connectivity index (χ3v) is 6.27. The lowest BCUT2D eigenvalue weighted by molar-refractivity contribution is -0.148. The first kappa shape index (κ1) is 21.7. The van der Waals surface area contributed by atoms with Gasteiger partial charge >= 0.3 is 6.03 Å². The zero-order valence-corrected chi connectivity index (χ0v) is 18.6. The molecule has 8 nitrogen and oxygen atoms in total. The third-order valence-electron chi connectivity index (χ3n) is 6.27. The van der Waals surface area contributed by atoms with Crippen LogP contribution in [0.15, 0.2) is 18.2 Å². The lowest BCUT2D eigenvalue weighted by atomic mass is 9.95. The topological polar surface area (TPSA) is 80.3 Å². The highest BCUT2D eigenvalue weighted by molar-refractivity contribution is 5.80. The number of morpholine rings is 1. The second-order valence-corrected chi connectivity index (χ2v) is 8.84. The molecule has 31 heavy (non-hydrogen) atoms. The molecule has 170 valence electrons. The molecule has 1 aromatic carbocycles. The highest BCUT2D eigenvalue weighted by Crippen LogP contribution is 2.32. The third kappa shape index (κ3) is 5.06. The molecule has 0 aliphatic carbocycles. The minimum absolute atomic E-state index is 0.0169. The van der Waals surface area contributed by atoms with Crippen molar-refractivity contribution in [1.82, 2.24) is 15.1 Å². The number of likely N-dealkylation sites (tertiary alicyclic amines) is 1. The molecule has 1 aromatic rings. The maximum absolute atomic E-state index is 12.9. The number of piperidine rings is 1. The number of nitrogens with one attached hydrogen (secondary N) is 1. The number of hydrogen-bond donors (Lipinski definition) is 1. The summed E-state index contributed by atoms with van der Waals surface area (Å²) in [5.74, 6) is 1.64. The Balaban J connectivity index is 1.28. The molecule has 3 aliphatic rings. The highest BCUT2D eigenvalue weighted by Gasteiger charge is 2.33. The summed E-state index contributed by atoms with van der Waals surface area (Å²) in [6, 6.07) is 5.51. The summed E-state index contributed by atoms with van der Waals surface area (Å²) in [6.07, 6.45) is 1.54. The van der Waals surface area contributed by atoms with Crippen LogP contribution in [0, 0.1) is 5.92 Å². The van der Waals surface area contributed by atoms with Crippen LogP contribution in [0.3, 0.4) is 0 Å². The number of carbonyl (C=O) groups excluding carboxylic acids is 2. The molecule has 0 bridgehead atoms. The molecule has 8 heteroatoms. The monoisotopic (exact) mass is 431 g/mol. The van der Waals surface area contributed by atoms with Gasteiger partial charge in [-0.3, -0.25) is 4.79 Å². The minimum Gasteiger partial charge on any atom is -0.486 e. The smallest absolute Gasteiger partial charge is 0.317 e. The van der Waals surface area contributed by atoms with Gasteiger partial charge in [-0.25, -0.2) is 4.79 Å². The molecule has 3 atom stereocenters. The van der Waals surface area contributed by atoms with Crippen molar-refractivity contribution in [3.05, 3.63) is 23.8 Å². The van der Waals surface area contributed by atoms with Crippen molar-refractivity contribution in [2.45, 2.75) is 51.9 Å². The molecule has 2 saturated heterocycles. The van der Waals surface area contributed by atoms with Gasteiger partial charge in [-0.2, -0.15) is 0 Å². The number of ether oxygens (including phenoxy) is 3. The Kier molecular flexibility index (Phi) is 6.55. The predicted octanol–water partition coefficient (Wildman–Crippen LogP) is 2.58. The van der Waals surface area contributed by atoms with Gasteiger partial charge in [0.05, 0.1) is 18.2 Å². The number of hydrogen-bond acceptors (Lipinski definition) is 5. The lowest BCUT2D eigenvalue weighted by Crippen LogP contribution is -2.52. The van der Waals surface area contributed by atoms with Crippen molar-refractivity contribution in [1.29, 1.82) is 0 Å². The average Bonchev–Trinajstić information content (AvgIpc) is 2.77. The van der Waals surface area contributed by atoms with E-state index >= 15 is 0 Å². The van der Waals surface area contributed by atoms with E-state index in [-0.39, 0.29) is 36.1 Å². The van der Waals surface area contributed by atoms with Gasteiger partial charge in [-0.1, -0.05) is 6.07 Å². The number of nitrogens with zero attached hydrogens (tertiary/aromatic N) is 2. The summed E-state index contributed by atoms with van der Waals surface area (Å²) < 4.78 is 16.9. The van der Waals surface area contributed by atoms with Gasteiger partial charge in [-0.15, -0.1) is 0 Å². The van der Waals surface area contributed by atoms with E-state index in [1.165, 1.54) is 0 Å². The lowest BCUT2D eigenvalue weighted by Gasteiger charge is -2.39. The summed E-state index contributed by atoms with van der Waals surface area (Å²) in [5.41, 5.74) is 0.971. The molecule has 0 radical (unpaired) electrons. The average molecular weight is 432 g/mol. The molecule has 4 rings (SSSR count). The number of urea groups is 1. The summed E-state index contributed by atoms with van der Waals surface area (Å²) in [5, 5.41) is 3.07. The zero-order chi connectivity index (χ0) is 22.0. The molecular weight excluding hydrogens is 398 g/mol. The first-order chi connectivity index (χ1) is 14.9. The second kappa shape index (κ2) is 9.34. The van der Waals surface area contributed by atoms with Crippen LogP contribution in [0.2, 0.25) is 0 Å². The molecule has 1 N–H and O–H groups in total. The van der Waals surface area contributed by atoms with E-state index in [1.54, 1.807) is 0 Å². The Hall–Kier alpha value is -2.48.